The van der Waals surface area contributed by atoms with Crippen molar-refractivity contribution in [2.24, 2.45) is 0 Å². The van der Waals surface area contributed by atoms with Gasteiger partial charge in [-0.2, -0.15) is 0 Å². The molecule has 0 aliphatic heterocycles. The molecule has 21 heavy (non-hydrogen) atoms. The molecule has 2 rings (SSSR count). The van der Waals surface area contributed by atoms with E-state index in [4.69, 9.17) is 16.3 Å². The van der Waals surface area contributed by atoms with E-state index < -0.39 is 10.0 Å². The lowest BCUT2D eigenvalue weighted by molar-refractivity contribution is 0.415. The Balaban J connectivity index is 2.32. The summed E-state index contributed by atoms with van der Waals surface area (Å²) in [6.07, 6.45) is 0. The number of anilines is 2. The number of hydrogen-bond donors (Lipinski definition) is 2. The van der Waals surface area contributed by atoms with E-state index in [1.165, 1.54) is 25.3 Å². The number of benzene rings is 2. The van der Waals surface area contributed by atoms with Gasteiger partial charge >= 0.3 is 0 Å². The summed E-state index contributed by atoms with van der Waals surface area (Å²) >= 11 is 6.00. The molecule has 2 aromatic carbocycles. The number of sulfonamides is 1. The van der Waals surface area contributed by atoms with Gasteiger partial charge in [-0.3, -0.25) is 4.72 Å². The van der Waals surface area contributed by atoms with Gasteiger partial charge < -0.3 is 10.1 Å². The Morgan fingerprint density at radius 3 is 2.33 bits per heavy atom. The Kier molecular flexibility index (Phi) is 4.59. The van der Waals surface area contributed by atoms with Crippen molar-refractivity contribution in [2.75, 3.05) is 24.2 Å². The molecular formula is C14H15ClN2O3S. The molecule has 0 bridgehead atoms. The minimum atomic E-state index is -3.70. The summed E-state index contributed by atoms with van der Waals surface area (Å²) in [5, 5.41) is 3.22. The molecule has 2 aromatic rings. The monoisotopic (exact) mass is 326 g/mol. The molecule has 0 radical (unpaired) electrons. The molecule has 0 fully saturated rings. The van der Waals surface area contributed by atoms with Crippen LogP contribution in [0.5, 0.6) is 5.75 Å². The molecule has 0 saturated heterocycles. The van der Waals surface area contributed by atoms with Crippen LogP contribution in [0.4, 0.5) is 11.4 Å². The minimum Gasteiger partial charge on any atom is -0.497 e. The van der Waals surface area contributed by atoms with Crippen molar-refractivity contribution < 1.29 is 13.2 Å². The zero-order chi connectivity index (χ0) is 15.5. The molecule has 112 valence electrons. The van der Waals surface area contributed by atoms with E-state index in [1.807, 2.05) is 0 Å². The first-order valence-electron chi connectivity index (χ1n) is 6.10. The number of ether oxygens (including phenoxy) is 1. The Hall–Kier alpha value is -1.92. The maximum Gasteiger partial charge on any atom is 0.261 e. The van der Waals surface area contributed by atoms with Crippen LogP contribution in [0.15, 0.2) is 47.4 Å². The Morgan fingerprint density at radius 1 is 1.10 bits per heavy atom. The molecule has 0 atom stereocenters. The third kappa shape index (κ3) is 3.59. The molecule has 0 amide bonds. The number of rotatable bonds is 5. The number of hydrogen-bond acceptors (Lipinski definition) is 4. The second-order valence-electron chi connectivity index (χ2n) is 4.23. The number of nitrogens with one attached hydrogen (secondary N) is 2. The predicted octanol–water partition coefficient (Wildman–Crippen LogP) is 3.19. The highest BCUT2D eigenvalue weighted by atomic mass is 35.5. The van der Waals surface area contributed by atoms with Crippen LogP contribution in [-0.2, 0) is 10.0 Å². The van der Waals surface area contributed by atoms with Crippen LogP contribution >= 0.6 is 11.6 Å². The van der Waals surface area contributed by atoms with E-state index >= 15 is 0 Å². The fourth-order valence-electron chi connectivity index (χ4n) is 1.71. The molecule has 2 N–H and O–H groups in total. The van der Waals surface area contributed by atoms with Crippen molar-refractivity contribution in [2.45, 2.75) is 4.90 Å². The first-order chi connectivity index (χ1) is 9.96. The van der Waals surface area contributed by atoms with E-state index in [0.717, 1.165) is 5.69 Å². The summed E-state index contributed by atoms with van der Waals surface area (Å²) in [4.78, 5) is 0.153. The molecular weight excluding hydrogens is 312 g/mol. The average molecular weight is 327 g/mol. The standard InChI is InChI=1S/C14H15ClN2O3S/c1-16-10-3-6-12(7-4-10)21(18,19)17-14-9-11(20-2)5-8-13(14)15/h3-9,16-17H,1-2H3. The highest BCUT2D eigenvalue weighted by Gasteiger charge is 2.16. The maximum absolute atomic E-state index is 12.3. The topological polar surface area (TPSA) is 67.4 Å². The summed E-state index contributed by atoms with van der Waals surface area (Å²) in [5.74, 6) is 0.516. The second kappa shape index (κ2) is 6.24. The van der Waals surface area contributed by atoms with Gasteiger partial charge in [0.15, 0.2) is 0 Å². The van der Waals surface area contributed by atoms with E-state index in [9.17, 15) is 8.42 Å². The zero-order valence-electron chi connectivity index (χ0n) is 11.6. The van der Waals surface area contributed by atoms with Crippen LogP contribution in [0.1, 0.15) is 0 Å². The Morgan fingerprint density at radius 2 is 1.76 bits per heavy atom. The van der Waals surface area contributed by atoms with Crippen molar-refractivity contribution in [1.82, 2.24) is 0 Å². The average Bonchev–Trinajstić information content (AvgIpc) is 2.49. The van der Waals surface area contributed by atoms with Gasteiger partial charge in [0, 0.05) is 18.8 Å². The molecule has 0 unspecified atom stereocenters. The van der Waals surface area contributed by atoms with Crippen molar-refractivity contribution in [3.63, 3.8) is 0 Å². The highest BCUT2D eigenvalue weighted by Crippen LogP contribution is 2.29. The van der Waals surface area contributed by atoms with Gasteiger partial charge in [-0.15, -0.1) is 0 Å². The Labute approximate surface area is 128 Å². The van der Waals surface area contributed by atoms with E-state index in [0.29, 0.717) is 10.8 Å². The van der Waals surface area contributed by atoms with Crippen molar-refractivity contribution in [3.05, 3.63) is 47.5 Å². The summed E-state index contributed by atoms with van der Waals surface area (Å²) < 4.78 is 32.2. The lowest BCUT2D eigenvalue weighted by Crippen LogP contribution is -2.13. The summed E-state index contributed by atoms with van der Waals surface area (Å²) in [5.41, 5.74) is 1.10. The normalized spacial score (nSPS) is 11.0. The van der Waals surface area contributed by atoms with Crippen LogP contribution in [-0.4, -0.2) is 22.6 Å². The molecule has 7 heteroatoms. The molecule has 5 nitrogen and oxygen atoms in total. The molecule has 0 spiro atoms. The third-order valence-corrected chi connectivity index (χ3v) is 4.58. The highest BCUT2D eigenvalue weighted by molar-refractivity contribution is 7.92. The lowest BCUT2D eigenvalue weighted by Gasteiger charge is -2.11. The molecule has 0 aliphatic rings. The largest absolute Gasteiger partial charge is 0.497 e. The SMILES string of the molecule is CNc1ccc(S(=O)(=O)Nc2cc(OC)ccc2Cl)cc1. The smallest absolute Gasteiger partial charge is 0.261 e. The summed E-state index contributed by atoms with van der Waals surface area (Å²) in [7, 11) is -0.444. The fraction of sp³-hybridized carbons (Fsp3) is 0.143. The second-order valence-corrected chi connectivity index (χ2v) is 6.32. The van der Waals surface area contributed by atoms with Crippen molar-refractivity contribution in [1.29, 1.82) is 0 Å². The van der Waals surface area contributed by atoms with Gasteiger partial charge in [0.2, 0.25) is 0 Å². The van der Waals surface area contributed by atoms with Gasteiger partial charge in [0.1, 0.15) is 5.75 Å². The Bertz CT molecular complexity index is 730. The lowest BCUT2D eigenvalue weighted by atomic mass is 10.3. The number of halogens is 1. The number of methoxy groups -OCH3 is 1. The quantitative estimate of drug-likeness (QED) is 0.885. The van der Waals surface area contributed by atoms with Crippen LogP contribution < -0.4 is 14.8 Å². The van der Waals surface area contributed by atoms with Gasteiger partial charge in [-0.05, 0) is 36.4 Å². The van der Waals surface area contributed by atoms with E-state index in [-0.39, 0.29) is 10.6 Å². The first kappa shape index (κ1) is 15.5. The maximum atomic E-state index is 12.3. The van der Waals surface area contributed by atoms with Crippen LogP contribution in [0.2, 0.25) is 5.02 Å². The third-order valence-electron chi connectivity index (χ3n) is 2.87. The van der Waals surface area contributed by atoms with Crippen molar-refractivity contribution in [3.8, 4) is 5.75 Å². The zero-order valence-corrected chi connectivity index (χ0v) is 13.1. The van der Waals surface area contributed by atoms with Gasteiger partial charge in [0.25, 0.3) is 10.0 Å². The molecule has 0 saturated carbocycles. The minimum absolute atomic E-state index is 0.153. The van der Waals surface area contributed by atoms with Gasteiger partial charge in [-0.1, -0.05) is 11.6 Å². The van der Waals surface area contributed by atoms with Crippen molar-refractivity contribution >= 4 is 33.0 Å². The van der Waals surface area contributed by atoms with Gasteiger partial charge in [0.05, 0.1) is 22.7 Å². The summed E-state index contributed by atoms with van der Waals surface area (Å²) in [6.45, 7) is 0. The predicted molar refractivity (Wildman–Crippen MR) is 84.8 cm³/mol. The van der Waals surface area contributed by atoms with E-state index in [1.54, 1.807) is 31.3 Å². The molecule has 0 heterocycles. The first-order valence-corrected chi connectivity index (χ1v) is 7.96. The summed E-state index contributed by atoms with van der Waals surface area (Å²) in [6, 6.07) is 11.2. The van der Waals surface area contributed by atoms with Crippen LogP contribution in [0.25, 0.3) is 0 Å². The van der Waals surface area contributed by atoms with Gasteiger partial charge in [-0.25, -0.2) is 8.42 Å². The molecule has 0 aliphatic carbocycles. The van der Waals surface area contributed by atoms with E-state index in [2.05, 4.69) is 10.0 Å². The van der Waals surface area contributed by atoms with Crippen LogP contribution in [0.3, 0.4) is 0 Å². The van der Waals surface area contributed by atoms with Crippen LogP contribution in [0, 0.1) is 0 Å². The fourth-order valence-corrected chi connectivity index (χ4v) is 3.01. The molecule has 0 aromatic heterocycles.